The van der Waals surface area contributed by atoms with Crippen molar-refractivity contribution >= 4 is 23.2 Å². The van der Waals surface area contributed by atoms with Gasteiger partial charge in [-0.15, -0.1) is 11.3 Å². The minimum atomic E-state index is -0.315. The van der Waals surface area contributed by atoms with Gasteiger partial charge in [-0.05, 0) is 30.8 Å². The van der Waals surface area contributed by atoms with Crippen LogP contribution in [0.3, 0.4) is 0 Å². The van der Waals surface area contributed by atoms with Crippen molar-refractivity contribution in [2.75, 3.05) is 33.3 Å². The minimum Gasteiger partial charge on any atom is -0.468 e. The predicted octanol–water partition coefficient (Wildman–Crippen LogP) is 1.29. The van der Waals surface area contributed by atoms with E-state index in [1.54, 1.807) is 16.2 Å². The third-order valence-corrected chi connectivity index (χ3v) is 3.70. The molecule has 0 atom stereocenters. The molecular weight excluding hydrogens is 276 g/mol. The average Bonchev–Trinajstić information content (AvgIpc) is 2.92. The van der Waals surface area contributed by atoms with Gasteiger partial charge in [0.05, 0.1) is 20.2 Å². The number of ether oxygens (including phenoxy) is 1. The molecule has 0 bridgehead atoms. The molecule has 0 fully saturated rings. The number of nitrogens with zero attached hydrogens (tertiary/aromatic N) is 1. The molecule has 0 unspecified atom stereocenters. The maximum absolute atomic E-state index is 11.8. The van der Waals surface area contributed by atoms with Crippen LogP contribution in [0, 0.1) is 0 Å². The first-order valence-corrected chi connectivity index (χ1v) is 7.62. The fourth-order valence-electron chi connectivity index (χ4n) is 1.82. The van der Waals surface area contributed by atoms with Crippen LogP contribution in [0.5, 0.6) is 0 Å². The summed E-state index contributed by atoms with van der Waals surface area (Å²) >= 11 is 1.69. The monoisotopic (exact) mass is 298 g/mol. The number of rotatable bonds is 9. The van der Waals surface area contributed by atoms with Gasteiger partial charge in [0.15, 0.2) is 0 Å². The van der Waals surface area contributed by atoms with Crippen LogP contribution in [0.1, 0.15) is 18.2 Å². The Morgan fingerprint density at radius 2 is 2.20 bits per heavy atom. The van der Waals surface area contributed by atoms with Crippen molar-refractivity contribution in [3.63, 3.8) is 0 Å². The number of nitrogens with one attached hydrogen (secondary N) is 1. The lowest BCUT2D eigenvalue weighted by Gasteiger charge is -2.19. The molecule has 6 heteroatoms. The molecule has 0 spiro atoms. The third-order valence-electron chi connectivity index (χ3n) is 2.76. The number of hydrogen-bond acceptors (Lipinski definition) is 5. The minimum absolute atomic E-state index is 0.0566. The van der Waals surface area contributed by atoms with Crippen molar-refractivity contribution < 1.29 is 14.3 Å². The Morgan fingerprint density at radius 1 is 1.40 bits per heavy atom. The van der Waals surface area contributed by atoms with Gasteiger partial charge in [0.2, 0.25) is 5.91 Å². The summed E-state index contributed by atoms with van der Waals surface area (Å²) in [5.74, 6) is -0.372. The maximum Gasteiger partial charge on any atom is 0.319 e. The number of methoxy groups -OCH3 is 1. The molecule has 0 aromatic carbocycles. The van der Waals surface area contributed by atoms with Crippen molar-refractivity contribution in [3.8, 4) is 0 Å². The maximum atomic E-state index is 11.8. The van der Waals surface area contributed by atoms with Crippen LogP contribution >= 0.6 is 11.3 Å². The van der Waals surface area contributed by atoms with E-state index in [0.717, 1.165) is 12.8 Å². The molecule has 5 nitrogen and oxygen atoms in total. The summed E-state index contributed by atoms with van der Waals surface area (Å²) < 4.78 is 4.63. The Labute approximate surface area is 123 Å². The molecule has 112 valence electrons. The van der Waals surface area contributed by atoms with Gasteiger partial charge in [-0.3, -0.25) is 14.5 Å². The topological polar surface area (TPSA) is 58.6 Å². The van der Waals surface area contributed by atoms with Crippen LogP contribution in [-0.2, 0) is 20.7 Å². The van der Waals surface area contributed by atoms with Crippen LogP contribution in [0.4, 0.5) is 0 Å². The van der Waals surface area contributed by atoms with E-state index in [4.69, 9.17) is 0 Å². The van der Waals surface area contributed by atoms with E-state index < -0.39 is 0 Å². The Balaban J connectivity index is 2.28. The second-order valence-electron chi connectivity index (χ2n) is 4.47. The number of carbonyl (C=O) groups is 2. The van der Waals surface area contributed by atoms with Crippen LogP contribution in [0.2, 0.25) is 0 Å². The summed E-state index contributed by atoms with van der Waals surface area (Å²) in [4.78, 5) is 26.1. The van der Waals surface area contributed by atoms with E-state index in [-0.39, 0.29) is 25.0 Å². The summed E-state index contributed by atoms with van der Waals surface area (Å²) in [6.07, 6.45) is 1.73. The quantitative estimate of drug-likeness (QED) is 0.698. The molecule has 1 amide bonds. The highest BCUT2D eigenvalue weighted by molar-refractivity contribution is 7.09. The van der Waals surface area contributed by atoms with Crippen LogP contribution in [0.15, 0.2) is 17.5 Å². The first-order chi connectivity index (χ1) is 9.65. The van der Waals surface area contributed by atoms with Gasteiger partial charge < -0.3 is 10.1 Å². The predicted molar refractivity (Wildman–Crippen MR) is 79.8 cm³/mol. The molecule has 1 aromatic rings. The van der Waals surface area contributed by atoms with Crippen molar-refractivity contribution in [2.24, 2.45) is 0 Å². The fraction of sp³-hybridized carbons (Fsp3) is 0.571. The number of hydrogen-bond donors (Lipinski definition) is 1. The summed E-state index contributed by atoms with van der Waals surface area (Å²) in [6.45, 7) is 3.72. The lowest BCUT2D eigenvalue weighted by atomic mass is 10.3. The summed E-state index contributed by atoms with van der Waals surface area (Å²) in [7, 11) is 1.35. The molecule has 1 heterocycles. The van der Waals surface area contributed by atoms with E-state index in [9.17, 15) is 9.59 Å². The summed E-state index contributed by atoms with van der Waals surface area (Å²) in [5.41, 5.74) is 0. The first kappa shape index (κ1) is 16.7. The highest BCUT2D eigenvalue weighted by Gasteiger charge is 2.13. The van der Waals surface area contributed by atoms with Gasteiger partial charge >= 0.3 is 5.97 Å². The number of esters is 1. The zero-order valence-corrected chi connectivity index (χ0v) is 12.9. The van der Waals surface area contributed by atoms with E-state index in [0.29, 0.717) is 13.1 Å². The van der Waals surface area contributed by atoms with Gasteiger partial charge in [-0.2, -0.15) is 0 Å². The van der Waals surface area contributed by atoms with Crippen molar-refractivity contribution in [3.05, 3.63) is 22.4 Å². The molecule has 0 saturated heterocycles. The highest BCUT2D eigenvalue weighted by Crippen LogP contribution is 2.07. The molecule has 0 radical (unpaired) electrons. The van der Waals surface area contributed by atoms with Crippen molar-refractivity contribution in [2.45, 2.75) is 19.8 Å². The standard InChI is InChI=1S/C14H22N2O3S/c1-3-8-16(11-14(18)19-2)10-13(17)15-7-6-12-5-4-9-20-12/h4-5,9H,3,6-8,10-11H2,1-2H3,(H,15,17). The normalized spacial score (nSPS) is 10.6. The van der Waals surface area contributed by atoms with E-state index in [1.165, 1.54) is 12.0 Å². The largest absolute Gasteiger partial charge is 0.468 e. The van der Waals surface area contributed by atoms with Gasteiger partial charge in [0, 0.05) is 11.4 Å². The van der Waals surface area contributed by atoms with E-state index in [2.05, 4.69) is 16.1 Å². The fourth-order valence-corrected chi connectivity index (χ4v) is 2.53. The van der Waals surface area contributed by atoms with Gasteiger partial charge in [0.1, 0.15) is 0 Å². The molecule has 1 rings (SSSR count). The van der Waals surface area contributed by atoms with Crippen LogP contribution < -0.4 is 5.32 Å². The van der Waals surface area contributed by atoms with Crippen LogP contribution in [0.25, 0.3) is 0 Å². The molecule has 0 aliphatic rings. The molecular formula is C14H22N2O3S. The number of thiophene rings is 1. The molecule has 0 saturated carbocycles. The second kappa shape index (κ2) is 9.50. The second-order valence-corrected chi connectivity index (χ2v) is 5.50. The van der Waals surface area contributed by atoms with E-state index in [1.807, 2.05) is 18.4 Å². The summed E-state index contributed by atoms with van der Waals surface area (Å²) in [5, 5.41) is 4.90. The SMILES string of the molecule is CCCN(CC(=O)NCCc1cccs1)CC(=O)OC. The Morgan fingerprint density at radius 3 is 2.80 bits per heavy atom. The number of carbonyl (C=O) groups excluding carboxylic acids is 2. The molecule has 0 aliphatic heterocycles. The Bertz CT molecular complexity index is 407. The highest BCUT2D eigenvalue weighted by atomic mass is 32.1. The smallest absolute Gasteiger partial charge is 0.319 e. The third kappa shape index (κ3) is 6.68. The van der Waals surface area contributed by atoms with Crippen molar-refractivity contribution in [1.29, 1.82) is 0 Å². The molecule has 0 aliphatic carbocycles. The van der Waals surface area contributed by atoms with Crippen molar-refractivity contribution in [1.82, 2.24) is 10.2 Å². The van der Waals surface area contributed by atoms with Gasteiger partial charge in [0.25, 0.3) is 0 Å². The number of amides is 1. The molecule has 1 N–H and O–H groups in total. The molecule has 1 aromatic heterocycles. The zero-order valence-electron chi connectivity index (χ0n) is 12.1. The van der Waals surface area contributed by atoms with Gasteiger partial charge in [-0.25, -0.2) is 0 Å². The molecule has 20 heavy (non-hydrogen) atoms. The Hall–Kier alpha value is -1.40. The van der Waals surface area contributed by atoms with Gasteiger partial charge in [-0.1, -0.05) is 13.0 Å². The zero-order chi connectivity index (χ0) is 14.8. The lowest BCUT2D eigenvalue weighted by molar-refractivity contribution is -0.142. The first-order valence-electron chi connectivity index (χ1n) is 6.74. The van der Waals surface area contributed by atoms with Crippen LogP contribution in [-0.4, -0.2) is 50.1 Å². The van der Waals surface area contributed by atoms with E-state index >= 15 is 0 Å². The Kier molecular flexibility index (Phi) is 7.91. The summed E-state index contributed by atoms with van der Waals surface area (Å²) in [6, 6.07) is 4.05. The average molecular weight is 298 g/mol. The lowest BCUT2D eigenvalue weighted by Crippen LogP contribution is -2.41.